The second-order valence-corrected chi connectivity index (χ2v) is 4.04. The zero-order valence-electron chi connectivity index (χ0n) is 8.79. The Morgan fingerprint density at radius 2 is 2.23 bits per heavy atom. The van der Waals surface area contributed by atoms with Crippen molar-refractivity contribution in [1.29, 1.82) is 0 Å². The smallest absolute Gasteiger partial charge is 0.0446 e. The van der Waals surface area contributed by atoms with Gasteiger partial charge in [0.2, 0.25) is 0 Å². The highest BCUT2D eigenvalue weighted by Crippen LogP contribution is 2.07. The van der Waals surface area contributed by atoms with Crippen LogP contribution < -0.4 is 5.32 Å². The zero-order valence-corrected chi connectivity index (χ0v) is 8.79. The van der Waals surface area contributed by atoms with E-state index in [0.29, 0.717) is 18.7 Å². The first kappa shape index (κ1) is 11.0. The van der Waals surface area contributed by atoms with Crippen LogP contribution in [0.3, 0.4) is 0 Å². The van der Waals surface area contributed by atoms with Crippen LogP contribution in [0.4, 0.5) is 0 Å². The van der Waals surface area contributed by atoms with Crippen LogP contribution in [0.1, 0.15) is 26.7 Å². The van der Waals surface area contributed by atoms with E-state index in [1.807, 2.05) is 0 Å². The minimum Gasteiger partial charge on any atom is -0.396 e. The number of aliphatic hydroxyl groups excluding tert-OH is 1. The van der Waals surface area contributed by atoms with Crippen LogP contribution in [0.5, 0.6) is 0 Å². The van der Waals surface area contributed by atoms with Gasteiger partial charge in [0.1, 0.15) is 0 Å². The molecule has 1 fully saturated rings. The molecule has 78 valence electrons. The lowest BCUT2D eigenvalue weighted by Crippen LogP contribution is -2.55. The van der Waals surface area contributed by atoms with Gasteiger partial charge in [-0.15, -0.1) is 0 Å². The van der Waals surface area contributed by atoms with Gasteiger partial charge in [0.25, 0.3) is 0 Å². The minimum atomic E-state index is 0.296. The van der Waals surface area contributed by atoms with Gasteiger partial charge in [0, 0.05) is 31.8 Å². The summed E-state index contributed by atoms with van der Waals surface area (Å²) in [6, 6.07) is 1.05. The summed E-state index contributed by atoms with van der Waals surface area (Å²) < 4.78 is 0. The number of piperazine rings is 1. The highest BCUT2D eigenvalue weighted by molar-refractivity contribution is 4.83. The standard InChI is InChI=1S/C10H22N2O/c1-3-5-12-7-9(2)11-10(8-12)4-6-13/h9-11,13H,3-8H2,1-2H3. The summed E-state index contributed by atoms with van der Waals surface area (Å²) in [6.07, 6.45) is 2.10. The van der Waals surface area contributed by atoms with E-state index in [2.05, 4.69) is 24.1 Å². The van der Waals surface area contributed by atoms with Crippen molar-refractivity contribution < 1.29 is 5.11 Å². The van der Waals surface area contributed by atoms with Gasteiger partial charge in [0.15, 0.2) is 0 Å². The van der Waals surface area contributed by atoms with Gasteiger partial charge in [-0.2, -0.15) is 0 Å². The van der Waals surface area contributed by atoms with Crippen molar-refractivity contribution in [2.45, 2.75) is 38.8 Å². The molecule has 0 aromatic heterocycles. The van der Waals surface area contributed by atoms with Crippen LogP contribution in [0.25, 0.3) is 0 Å². The molecule has 1 heterocycles. The average molecular weight is 186 g/mol. The summed E-state index contributed by atoms with van der Waals surface area (Å²) in [5, 5.41) is 12.4. The van der Waals surface area contributed by atoms with Crippen molar-refractivity contribution >= 4 is 0 Å². The molecule has 13 heavy (non-hydrogen) atoms. The summed E-state index contributed by atoms with van der Waals surface area (Å²) in [4.78, 5) is 2.49. The Kier molecular flexibility index (Phi) is 4.70. The summed E-state index contributed by atoms with van der Waals surface area (Å²) in [7, 11) is 0. The number of nitrogens with zero attached hydrogens (tertiary/aromatic N) is 1. The molecule has 0 bridgehead atoms. The van der Waals surface area contributed by atoms with Crippen LogP contribution in [-0.4, -0.2) is 48.3 Å². The molecule has 0 saturated carbocycles. The second kappa shape index (κ2) is 5.58. The van der Waals surface area contributed by atoms with Crippen molar-refractivity contribution in [2.75, 3.05) is 26.2 Å². The fraction of sp³-hybridized carbons (Fsp3) is 1.00. The van der Waals surface area contributed by atoms with Gasteiger partial charge >= 0.3 is 0 Å². The van der Waals surface area contributed by atoms with E-state index in [1.165, 1.54) is 13.0 Å². The van der Waals surface area contributed by atoms with Gasteiger partial charge in [-0.05, 0) is 26.3 Å². The van der Waals surface area contributed by atoms with E-state index in [1.54, 1.807) is 0 Å². The topological polar surface area (TPSA) is 35.5 Å². The van der Waals surface area contributed by atoms with Gasteiger partial charge in [0.05, 0.1) is 0 Å². The van der Waals surface area contributed by atoms with E-state index in [4.69, 9.17) is 5.11 Å². The van der Waals surface area contributed by atoms with Gasteiger partial charge in [-0.3, -0.25) is 0 Å². The van der Waals surface area contributed by atoms with Crippen LogP contribution in [0.15, 0.2) is 0 Å². The first-order valence-electron chi connectivity index (χ1n) is 5.35. The Balaban J connectivity index is 2.33. The Bertz CT molecular complexity index is 127. The minimum absolute atomic E-state index is 0.296. The molecule has 1 aliphatic heterocycles. The fourth-order valence-electron chi connectivity index (χ4n) is 2.11. The van der Waals surface area contributed by atoms with E-state index >= 15 is 0 Å². The second-order valence-electron chi connectivity index (χ2n) is 4.04. The normalized spacial score (nSPS) is 30.7. The Hall–Kier alpha value is -0.120. The largest absolute Gasteiger partial charge is 0.396 e. The molecular weight excluding hydrogens is 164 g/mol. The lowest BCUT2D eigenvalue weighted by atomic mass is 10.1. The molecule has 2 N–H and O–H groups in total. The molecule has 0 aliphatic carbocycles. The SMILES string of the molecule is CCCN1CC(C)NC(CCO)C1. The number of aliphatic hydroxyl groups is 1. The summed E-state index contributed by atoms with van der Waals surface area (Å²) >= 11 is 0. The van der Waals surface area contributed by atoms with Crippen molar-refractivity contribution in [2.24, 2.45) is 0 Å². The third kappa shape index (κ3) is 3.63. The monoisotopic (exact) mass is 186 g/mol. The zero-order chi connectivity index (χ0) is 9.68. The molecule has 0 aromatic carbocycles. The molecule has 2 atom stereocenters. The predicted molar refractivity (Wildman–Crippen MR) is 54.8 cm³/mol. The predicted octanol–water partition coefficient (Wildman–Crippen LogP) is 0.441. The molecule has 1 aliphatic rings. The van der Waals surface area contributed by atoms with Crippen molar-refractivity contribution in [3.05, 3.63) is 0 Å². The Morgan fingerprint density at radius 3 is 2.85 bits per heavy atom. The van der Waals surface area contributed by atoms with Crippen molar-refractivity contribution in [3.63, 3.8) is 0 Å². The summed E-state index contributed by atoms with van der Waals surface area (Å²) in [6.45, 7) is 8.16. The van der Waals surface area contributed by atoms with E-state index in [9.17, 15) is 0 Å². The van der Waals surface area contributed by atoms with Gasteiger partial charge in [-0.25, -0.2) is 0 Å². The lowest BCUT2D eigenvalue weighted by molar-refractivity contribution is 0.146. The quantitative estimate of drug-likeness (QED) is 0.669. The lowest BCUT2D eigenvalue weighted by Gasteiger charge is -2.37. The van der Waals surface area contributed by atoms with Crippen molar-refractivity contribution in [3.8, 4) is 0 Å². The van der Waals surface area contributed by atoms with E-state index in [0.717, 1.165) is 19.5 Å². The van der Waals surface area contributed by atoms with Crippen LogP contribution in [0, 0.1) is 0 Å². The Morgan fingerprint density at radius 1 is 1.46 bits per heavy atom. The summed E-state index contributed by atoms with van der Waals surface area (Å²) in [5.41, 5.74) is 0. The van der Waals surface area contributed by atoms with Crippen LogP contribution in [0.2, 0.25) is 0 Å². The summed E-state index contributed by atoms with van der Waals surface area (Å²) in [5.74, 6) is 0. The molecule has 3 heteroatoms. The molecular formula is C10H22N2O. The van der Waals surface area contributed by atoms with Gasteiger partial charge < -0.3 is 15.3 Å². The Labute approximate surface area is 81.1 Å². The maximum absolute atomic E-state index is 8.86. The van der Waals surface area contributed by atoms with Crippen molar-refractivity contribution in [1.82, 2.24) is 10.2 Å². The maximum atomic E-state index is 8.86. The first-order valence-corrected chi connectivity index (χ1v) is 5.35. The van der Waals surface area contributed by atoms with Gasteiger partial charge in [-0.1, -0.05) is 6.92 Å². The third-order valence-corrected chi connectivity index (χ3v) is 2.55. The fourth-order valence-corrected chi connectivity index (χ4v) is 2.11. The van der Waals surface area contributed by atoms with Crippen LogP contribution in [-0.2, 0) is 0 Å². The molecule has 3 nitrogen and oxygen atoms in total. The molecule has 0 spiro atoms. The molecule has 1 rings (SSSR count). The molecule has 0 aromatic rings. The number of nitrogens with one attached hydrogen (secondary N) is 1. The van der Waals surface area contributed by atoms with E-state index < -0.39 is 0 Å². The molecule has 0 amide bonds. The molecule has 0 radical (unpaired) electrons. The number of hydrogen-bond donors (Lipinski definition) is 2. The third-order valence-electron chi connectivity index (χ3n) is 2.55. The van der Waals surface area contributed by atoms with E-state index in [-0.39, 0.29) is 0 Å². The molecule has 2 unspecified atom stereocenters. The average Bonchev–Trinajstić information content (AvgIpc) is 2.04. The molecule has 1 saturated heterocycles. The highest BCUT2D eigenvalue weighted by atomic mass is 16.3. The maximum Gasteiger partial charge on any atom is 0.0446 e. The number of hydrogen-bond acceptors (Lipinski definition) is 3. The first-order chi connectivity index (χ1) is 6.26. The number of rotatable bonds is 4. The van der Waals surface area contributed by atoms with Crippen LogP contribution >= 0.6 is 0 Å². The highest BCUT2D eigenvalue weighted by Gasteiger charge is 2.22.